The first-order valence-corrected chi connectivity index (χ1v) is 7.34. The van der Waals surface area contributed by atoms with Gasteiger partial charge in [0.2, 0.25) is 0 Å². The summed E-state index contributed by atoms with van der Waals surface area (Å²) in [6.07, 6.45) is 0.727. The van der Waals surface area contributed by atoms with Gasteiger partial charge in [-0.2, -0.15) is 5.10 Å². The van der Waals surface area contributed by atoms with Crippen LogP contribution in [0, 0.1) is 13.8 Å². The van der Waals surface area contributed by atoms with Gasteiger partial charge in [-0.05, 0) is 60.8 Å². The van der Waals surface area contributed by atoms with E-state index in [9.17, 15) is 0 Å². The topological polar surface area (TPSA) is 43.8 Å². The summed E-state index contributed by atoms with van der Waals surface area (Å²) in [4.78, 5) is 0. The number of aryl methyl sites for hydroxylation is 1. The second-order valence-corrected chi connectivity index (χ2v) is 6.02. The Bertz CT molecular complexity index is 605. The van der Waals surface area contributed by atoms with Gasteiger partial charge < -0.3 is 5.73 Å². The molecule has 0 fully saturated rings. The third-order valence-corrected chi connectivity index (χ3v) is 4.55. The molecule has 1 unspecified atom stereocenters. The Morgan fingerprint density at radius 2 is 2.11 bits per heavy atom. The van der Waals surface area contributed by atoms with Crippen molar-refractivity contribution < 1.29 is 0 Å². The Kier molecular flexibility index (Phi) is 4.33. The van der Waals surface area contributed by atoms with Crippen molar-refractivity contribution in [3.05, 3.63) is 44.6 Å². The smallest absolute Gasteiger partial charge is 0.0743 e. The molecule has 0 saturated heterocycles. The first-order chi connectivity index (χ1) is 8.91. The van der Waals surface area contributed by atoms with Crippen molar-refractivity contribution in [3.63, 3.8) is 0 Å². The normalized spacial score (nSPS) is 12.7. The van der Waals surface area contributed by atoms with Crippen LogP contribution in [0.3, 0.4) is 0 Å². The van der Waals surface area contributed by atoms with Crippen LogP contribution in [0.15, 0.2) is 22.7 Å². The fraction of sp³-hybridized carbons (Fsp3) is 0.357. The van der Waals surface area contributed by atoms with E-state index < -0.39 is 0 Å². The molecular formula is C14H17BrClN3. The molecular weight excluding hydrogens is 326 g/mol. The minimum atomic E-state index is 0.0547. The first kappa shape index (κ1) is 14.6. The van der Waals surface area contributed by atoms with Gasteiger partial charge in [0.25, 0.3) is 0 Å². The highest BCUT2D eigenvalue weighted by atomic mass is 79.9. The molecule has 1 aromatic carbocycles. The van der Waals surface area contributed by atoms with Crippen molar-refractivity contribution in [2.45, 2.75) is 33.2 Å². The van der Waals surface area contributed by atoms with Crippen LogP contribution in [0.1, 0.15) is 23.9 Å². The predicted molar refractivity (Wildman–Crippen MR) is 83.1 cm³/mol. The summed E-state index contributed by atoms with van der Waals surface area (Å²) < 4.78 is 2.95. The van der Waals surface area contributed by atoms with Gasteiger partial charge >= 0.3 is 0 Å². The lowest BCUT2D eigenvalue weighted by atomic mass is 10.1. The third-order valence-electron chi connectivity index (χ3n) is 3.05. The van der Waals surface area contributed by atoms with Crippen LogP contribution in [-0.4, -0.2) is 15.8 Å². The number of aromatic nitrogens is 2. The van der Waals surface area contributed by atoms with E-state index in [4.69, 9.17) is 17.3 Å². The number of benzene rings is 1. The average molecular weight is 343 g/mol. The maximum absolute atomic E-state index is 6.31. The molecule has 0 aliphatic carbocycles. The lowest BCUT2D eigenvalue weighted by Crippen LogP contribution is -2.19. The van der Waals surface area contributed by atoms with Crippen molar-refractivity contribution >= 4 is 27.5 Å². The zero-order valence-corrected chi connectivity index (χ0v) is 13.6. The molecule has 2 aromatic rings. The largest absolute Gasteiger partial charge is 0.328 e. The molecule has 1 aromatic heterocycles. The Morgan fingerprint density at radius 3 is 2.63 bits per heavy atom. The zero-order valence-electron chi connectivity index (χ0n) is 11.2. The van der Waals surface area contributed by atoms with Gasteiger partial charge in [-0.25, -0.2) is 4.68 Å². The monoisotopic (exact) mass is 341 g/mol. The minimum absolute atomic E-state index is 0.0547. The molecule has 0 amide bonds. The van der Waals surface area contributed by atoms with Crippen LogP contribution in [0.4, 0.5) is 0 Å². The zero-order chi connectivity index (χ0) is 14.2. The van der Waals surface area contributed by atoms with E-state index in [-0.39, 0.29) is 6.04 Å². The number of nitrogens with two attached hydrogens (primary N) is 1. The SMILES string of the molecule is Cc1nn(-c2cccc(Cl)c2CC(C)N)c(C)c1Br. The van der Waals surface area contributed by atoms with E-state index in [1.54, 1.807) is 0 Å². The maximum Gasteiger partial charge on any atom is 0.0743 e. The van der Waals surface area contributed by atoms with Gasteiger partial charge in [-0.15, -0.1) is 0 Å². The molecule has 19 heavy (non-hydrogen) atoms. The van der Waals surface area contributed by atoms with E-state index in [1.807, 2.05) is 43.7 Å². The van der Waals surface area contributed by atoms with Crippen molar-refractivity contribution in [1.29, 1.82) is 0 Å². The van der Waals surface area contributed by atoms with Gasteiger partial charge in [0.1, 0.15) is 0 Å². The summed E-state index contributed by atoms with van der Waals surface area (Å²) in [7, 11) is 0. The molecule has 0 saturated carbocycles. The van der Waals surface area contributed by atoms with Crippen LogP contribution in [0.5, 0.6) is 0 Å². The summed E-state index contributed by atoms with van der Waals surface area (Å²) in [5.41, 5.74) is 9.97. The highest BCUT2D eigenvalue weighted by Crippen LogP contribution is 2.28. The van der Waals surface area contributed by atoms with Crippen LogP contribution >= 0.6 is 27.5 Å². The fourth-order valence-corrected chi connectivity index (χ4v) is 2.62. The standard InChI is InChI=1S/C14H17BrClN3/c1-8(17)7-11-12(16)5-4-6-13(11)19-10(3)14(15)9(2)18-19/h4-6,8H,7,17H2,1-3H3. The van der Waals surface area contributed by atoms with Crippen LogP contribution < -0.4 is 5.73 Å². The Morgan fingerprint density at radius 1 is 1.42 bits per heavy atom. The quantitative estimate of drug-likeness (QED) is 0.922. The van der Waals surface area contributed by atoms with E-state index >= 15 is 0 Å². The molecule has 0 aliphatic heterocycles. The van der Waals surface area contributed by atoms with Crippen LogP contribution in [0.2, 0.25) is 5.02 Å². The second kappa shape index (κ2) is 5.65. The maximum atomic E-state index is 6.31. The molecule has 3 nitrogen and oxygen atoms in total. The lowest BCUT2D eigenvalue weighted by Gasteiger charge is -2.14. The number of nitrogens with zero attached hydrogens (tertiary/aromatic N) is 2. The molecule has 2 N–H and O–H groups in total. The Balaban J connectivity index is 2.61. The van der Waals surface area contributed by atoms with E-state index in [0.29, 0.717) is 0 Å². The predicted octanol–water partition coefficient (Wildman–Crippen LogP) is 3.79. The van der Waals surface area contributed by atoms with Crippen LogP contribution in [-0.2, 0) is 6.42 Å². The van der Waals surface area contributed by atoms with E-state index in [1.165, 1.54) is 0 Å². The summed E-state index contributed by atoms with van der Waals surface area (Å²) >= 11 is 9.86. The summed E-state index contributed by atoms with van der Waals surface area (Å²) in [5, 5.41) is 5.29. The minimum Gasteiger partial charge on any atom is -0.328 e. The van der Waals surface area contributed by atoms with Crippen molar-refractivity contribution in [2.75, 3.05) is 0 Å². The summed E-state index contributed by atoms with van der Waals surface area (Å²) in [5.74, 6) is 0. The van der Waals surface area contributed by atoms with Gasteiger partial charge in [-0.3, -0.25) is 0 Å². The Labute approximate surface area is 126 Å². The molecule has 1 atom stereocenters. The van der Waals surface area contributed by atoms with E-state index in [2.05, 4.69) is 21.0 Å². The first-order valence-electron chi connectivity index (χ1n) is 6.17. The molecule has 102 valence electrons. The lowest BCUT2D eigenvalue weighted by molar-refractivity contribution is 0.724. The average Bonchev–Trinajstić information content (AvgIpc) is 2.59. The summed E-state index contributed by atoms with van der Waals surface area (Å²) in [6.45, 7) is 5.98. The molecule has 5 heteroatoms. The molecule has 0 bridgehead atoms. The van der Waals surface area contributed by atoms with Crippen molar-refractivity contribution in [1.82, 2.24) is 9.78 Å². The van der Waals surface area contributed by atoms with Gasteiger partial charge in [0, 0.05) is 11.1 Å². The molecule has 0 radical (unpaired) electrons. The number of halogens is 2. The molecule has 2 rings (SSSR count). The highest BCUT2D eigenvalue weighted by molar-refractivity contribution is 9.10. The van der Waals surface area contributed by atoms with Gasteiger partial charge in [-0.1, -0.05) is 17.7 Å². The fourth-order valence-electron chi connectivity index (χ4n) is 2.13. The van der Waals surface area contributed by atoms with Crippen LogP contribution in [0.25, 0.3) is 5.69 Å². The highest BCUT2D eigenvalue weighted by Gasteiger charge is 2.15. The molecule has 0 aliphatic rings. The second-order valence-electron chi connectivity index (χ2n) is 4.82. The van der Waals surface area contributed by atoms with Crippen molar-refractivity contribution in [3.8, 4) is 5.69 Å². The van der Waals surface area contributed by atoms with Crippen molar-refractivity contribution in [2.24, 2.45) is 5.73 Å². The molecule has 0 spiro atoms. The van der Waals surface area contributed by atoms with Gasteiger partial charge in [0.05, 0.1) is 21.5 Å². The number of hydrogen-bond acceptors (Lipinski definition) is 2. The number of hydrogen-bond donors (Lipinski definition) is 1. The third kappa shape index (κ3) is 2.86. The Hall–Kier alpha value is -0.840. The molecule has 1 heterocycles. The summed E-state index contributed by atoms with van der Waals surface area (Å²) in [6, 6.07) is 5.91. The van der Waals surface area contributed by atoms with E-state index in [0.717, 1.165) is 38.6 Å². The van der Waals surface area contributed by atoms with Gasteiger partial charge in [0.15, 0.2) is 0 Å². The number of rotatable bonds is 3.